The SMILES string of the molecule is Cc1csc(OCC(O)CN2CCN(c3ccccc3OCCC(C)C)CC2)n1. The van der Waals surface area contributed by atoms with Crippen molar-refractivity contribution < 1.29 is 14.6 Å². The van der Waals surface area contributed by atoms with Crippen LogP contribution in [0.5, 0.6) is 10.9 Å². The fourth-order valence-corrected chi connectivity index (χ4v) is 3.99. The minimum absolute atomic E-state index is 0.277. The molecule has 1 fully saturated rings. The van der Waals surface area contributed by atoms with Crippen molar-refractivity contribution in [1.29, 1.82) is 0 Å². The van der Waals surface area contributed by atoms with E-state index in [9.17, 15) is 5.11 Å². The molecule has 1 N–H and O–H groups in total. The Bertz CT molecular complexity index is 744. The summed E-state index contributed by atoms with van der Waals surface area (Å²) in [5.41, 5.74) is 2.11. The van der Waals surface area contributed by atoms with E-state index in [2.05, 4.69) is 46.8 Å². The summed E-state index contributed by atoms with van der Waals surface area (Å²) in [5, 5.41) is 12.9. The molecule has 1 aromatic heterocycles. The molecule has 0 amide bonds. The molecule has 2 aromatic rings. The van der Waals surface area contributed by atoms with E-state index in [1.807, 2.05) is 18.4 Å². The lowest BCUT2D eigenvalue weighted by Crippen LogP contribution is -2.49. The van der Waals surface area contributed by atoms with Gasteiger partial charge in [-0.15, -0.1) is 0 Å². The molecule has 6 nitrogen and oxygen atoms in total. The topological polar surface area (TPSA) is 58.1 Å². The van der Waals surface area contributed by atoms with E-state index in [0.717, 1.165) is 50.7 Å². The van der Waals surface area contributed by atoms with Gasteiger partial charge in [0.25, 0.3) is 5.19 Å². The van der Waals surface area contributed by atoms with E-state index in [1.165, 1.54) is 17.0 Å². The van der Waals surface area contributed by atoms with Gasteiger partial charge >= 0.3 is 0 Å². The number of aliphatic hydroxyl groups excluding tert-OH is 1. The molecule has 0 bridgehead atoms. The summed E-state index contributed by atoms with van der Waals surface area (Å²) in [7, 11) is 0. The Kier molecular flexibility index (Phi) is 8.15. The average Bonchev–Trinajstić information content (AvgIpc) is 3.12. The van der Waals surface area contributed by atoms with Crippen molar-refractivity contribution >= 4 is 17.0 Å². The van der Waals surface area contributed by atoms with Crippen LogP contribution < -0.4 is 14.4 Å². The molecule has 1 aliphatic rings. The Morgan fingerprint density at radius 2 is 1.90 bits per heavy atom. The standard InChI is InChI=1S/C22H33N3O3S/c1-17(2)8-13-27-21-7-5-4-6-20(21)25-11-9-24(10-12-25)14-19(26)15-28-22-23-18(3)16-29-22/h4-7,16-17,19,26H,8-15H2,1-3H3. The second kappa shape index (κ2) is 10.8. The van der Waals surface area contributed by atoms with Crippen molar-refractivity contribution in [2.45, 2.75) is 33.3 Å². The predicted molar refractivity (Wildman–Crippen MR) is 118 cm³/mol. The molecular weight excluding hydrogens is 386 g/mol. The van der Waals surface area contributed by atoms with E-state index >= 15 is 0 Å². The van der Waals surface area contributed by atoms with E-state index in [0.29, 0.717) is 17.7 Å². The molecule has 1 unspecified atom stereocenters. The lowest BCUT2D eigenvalue weighted by molar-refractivity contribution is 0.0661. The Labute approximate surface area is 178 Å². The van der Waals surface area contributed by atoms with E-state index < -0.39 is 6.10 Å². The lowest BCUT2D eigenvalue weighted by Gasteiger charge is -2.37. The first-order chi connectivity index (χ1) is 14.0. The number of para-hydroxylation sites is 2. The van der Waals surface area contributed by atoms with Gasteiger partial charge in [-0.25, -0.2) is 4.98 Å². The Morgan fingerprint density at radius 1 is 1.14 bits per heavy atom. The monoisotopic (exact) mass is 419 g/mol. The molecule has 29 heavy (non-hydrogen) atoms. The highest BCUT2D eigenvalue weighted by Gasteiger charge is 2.21. The largest absolute Gasteiger partial charge is 0.491 e. The van der Waals surface area contributed by atoms with E-state index in [4.69, 9.17) is 9.47 Å². The summed E-state index contributed by atoms with van der Waals surface area (Å²) in [6, 6.07) is 8.30. The third-order valence-electron chi connectivity index (χ3n) is 5.00. The zero-order valence-corrected chi connectivity index (χ0v) is 18.5. The number of ether oxygens (including phenoxy) is 2. The maximum Gasteiger partial charge on any atom is 0.273 e. The van der Waals surface area contributed by atoms with Gasteiger partial charge in [-0.2, -0.15) is 0 Å². The molecule has 7 heteroatoms. The highest BCUT2D eigenvalue weighted by molar-refractivity contribution is 7.11. The number of aromatic nitrogens is 1. The van der Waals surface area contributed by atoms with E-state index in [1.54, 1.807) is 0 Å². The number of rotatable bonds is 10. The van der Waals surface area contributed by atoms with Crippen LogP contribution in [-0.4, -0.2) is 67.0 Å². The molecule has 3 rings (SSSR count). The first kappa shape index (κ1) is 21.9. The summed E-state index contributed by atoms with van der Waals surface area (Å²) in [6.07, 6.45) is 0.542. The highest BCUT2D eigenvalue weighted by Crippen LogP contribution is 2.29. The van der Waals surface area contributed by atoms with Gasteiger partial charge in [0.15, 0.2) is 0 Å². The lowest BCUT2D eigenvalue weighted by atomic mass is 10.1. The number of aryl methyl sites for hydroxylation is 1. The molecule has 0 radical (unpaired) electrons. The third kappa shape index (κ3) is 6.87. The summed E-state index contributed by atoms with van der Waals surface area (Å²) in [5.74, 6) is 1.61. The number of aliphatic hydroxyl groups is 1. The van der Waals surface area contributed by atoms with Crippen LogP contribution in [0.25, 0.3) is 0 Å². The van der Waals surface area contributed by atoms with E-state index in [-0.39, 0.29) is 6.61 Å². The molecule has 0 saturated carbocycles. The van der Waals surface area contributed by atoms with Gasteiger partial charge in [-0.3, -0.25) is 4.90 Å². The Balaban J connectivity index is 1.44. The predicted octanol–water partition coefficient (Wildman–Crippen LogP) is 3.44. The van der Waals surface area contributed by atoms with Crippen LogP contribution in [0.15, 0.2) is 29.6 Å². The zero-order chi connectivity index (χ0) is 20.6. The normalized spacial score (nSPS) is 16.2. The number of nitrogens with zero attached hydrogens (tertiary/aromatic N) is 3. The molecule has 2 heterocycles. The summed E-state index contributed by atoms with van der Waals surface area (Å²) in [6.45, 7) is 11.7. The van der Waals surface area contributed by atoms with Crippen molar-refractivity contribution in [2.24, 2.45) is 5.92 Å². The maximum absolute atomic E-state index is 10.3. The van der Waals surface area contributed by atoms with Crippen LogP contribution in [-0.2, 0) is 0 Å². The van der Waals surface area contributed by atoms with Gasteiger partial charge in [-0.1, -0.05) is 37.3 Å². The van der Waals surface area contributed by atoms with Gasteiger partial charge in [0, 0.05) is 38.1 Å². The van der Waals surface area contributed by atoms with Crippen LogP contribution in [0.3, 0.4) is 0 Å². The Morgan fingerprint density at radius 3 is 2.59 bits per heavy atom. The highest BCUT2D eigenvalue weighted by atomic mass is 32.1. The van der Waals surface area contributed by atoms with Gasteiger partial charge in [0.05, 0.1) is 18.0 Å². The van der Waals surface area contributed by atoms with Gasteiger partial charge in [0.2, 0.25) is 0 Å². The molecule has 0 aliphatic carbocycles. The van der Waals surface area contributed by atoms with Gasteiger partial charge < -0.3 is 19.5 Å². The van der Waals surface area contributed by atoms with Gasteiger partial charge in [-0.05, 0) is 31.4 Å². The molecule has 1 aromatic carbocycles. The quantitative estimate of drug-likeness (QED) is 0.637. The number of hydrogen-bond donors (Lipinski definition) is 1. The number of thiazole rings is 1. The number of β-amino-alcohol motifs (C(OH)–C–C–N with tert-alkyl or cyclic N) is 1. The fraction of sp³-hybridized carbons (Fsp3) is 0.591. The average molecular weight is 420 g/mol. The first-order valence-corrected chi connectivity index (χ1v) is 11.3. The second-order valence-electron chi connectivity index (χ2n) is 8.01. The van der Waals surface area contributed by atoms with Crippen LogP contribution in [0, 0.1) is 12.8 Å². The summed E-state index contributed by atoms with van der Waals surface area (Å²) in [4.78, 5) is 8.93. The van der Waals surface area contributed by atoms with Crippen molar-refractivity contribution in [3.8, 4) is 10.9 Å². The fourth-order valence-electron chi connectivity index (χ4n) is 3.33. The Hall–Kier alpha value is -1.83. The number of piperazine rings is 1. The maximum atomic E-state index is 10.3. The first-order valence-electron chi connectivity index (χ1n) is 10.4. The molecular formula is C22H33N3O3S. The van der Waals surface area contributed by atoms with Crippen LogP contribution in [0.1, 0.15) is 26.0 Å². The van der Waals surface area contributed by atoms with Crippen molar-refractivity contribution in [3.05, 3.63) is 35.3 Å². The van der Waals surface area contributed by atoms with Crippen LogP contribution in [0.2, 0.25) is 0 Å². The number of anilines is 1. The third-order valence-corrected chi connectivity index (χ3v) is 5.87. The van der Waals surface area contributed by atoms with Crippen molar-refractivity contribution in [2.75, 3.05) is 50.8 Å². The minimum atomic E-state index is -0.516. The minimum Gasteiger partial charge on any atom is -0.491 e. The second-order valence-corrected chi connectivity index (χ2v) is 8.83. The van der Waals surface area contributed by atoms with Crippen LogP contribution >= 0.6 is 11.3 Å². The smallest absolute Gasteiger partial charge is 0.273 e. The van der Waals surface area contributed by atoms with Crippen LogP contribution in [0.4, 0.5) is 5.69 Å². The molecule has 160 valence electrons. The zero-order valence-electron chi connectivity index (χ0n) is 17.7. The molecule has 1 saturated heterocycles. The summed E-state index contributed by atoms with van der Waals surface area (Å²) >= 11 is 1.47. The summed E-state index contributed by atoms with van der Waals surface area (Å²) < 4.78 is 11.6. The molecule has 1 aliphatic heterocycles. The molecule has 0 spiro atoms. The number of benzene rings is 1. The molecule has 1 atom stereocenters. The number of hydrogen-bond acceptors (Lipinski definition) is 7. The van der Waals surface area contributed by atoms with Crippen molar-refractivity contribution in [1.82, 2.24) is 9.88 Å². The van der Waals surface area contributed by atoms with Crippen molar-refractivity contribution in [3.63, 3.8) is 0 Å². The van der Waals surface area contributed by atoms with Gasteiger partial charge in [0.1, 0.15) is 18.5 Å².